The van der Waals surface area contributed by atoms with Gasteiger partial charge >= 0.3 is 0 Å². The maximum absolute atomic E-state index is 7.35. The van der Waals surface area contributed by atoms with Crippen molar-refractivity contribution in [1.82, 2.24) is 15.0 Å². The van der Waals surface area contributed by atoms with Crippen molar-refractivity contribution in [1.29, 1.82) is 5.41 Å². The van der Waals surface area contributed by atoms with E-state index in [1.807, 2.05) is 13.8 Å². The van der Waals surface area contributed by atoms with Crippen molar-refractivity contribution >= 4 is 17.6 Å². The number of nitrogens with two attached hydrogens (primary N) is 1. The molecular weight excluding hydrogens is 238 g/mol. The highest BCUT2D eigenvalue weighted by atomic mass is 32.2. The highest BCUT2D eigenvalue weighted by Gasteiger charge is 2.09. The lowest BCUT2D eigenvalue weighted by Gasteiger charge is -2.02. The Morgan fingerprint density at radius 3 is 2.65 bits per heavy atom. The van der Waals surface area contributed by atoms with E-state index in [4.69, 9.17) is 15.6 Å². The number of nitrogen functional groups attached to an aromatic ring is 1. The summed E-state index contributed by atoms with van der Waals surface area (Å²) in [6.45, 7) is 3.66. The molecule has 3 N–H and O–H groups in total. The summed E-state index contributed by atoms with van der Waals surface area (Å²) in [5, 5.41) is 8.30. The number of nitrogens with zero attached hydrogens (tertiary/aromatic N) is 3. The molecule has 2 rings (SSSR count). The molecule has 6 nitrogen and oxygen atoms in total. The van der Waals surface area contributed by atoms with Crippen molar-refractivity contribution in [3.63, 3.8) is 0 Å². The van der Waals surface area contributed by atoms with Crippen LogP contribution in [-0.2, 0) is 0 Å². The number of nitrogens with one attached hydrogen (secondary N) is 1. The Hall–Kier alpha value is -1.89. The summed E-state index contributed by atoms with van der Waals surface area (Å²) in [7, 11) is 0. The first-order valence-corrected chi connectivity index (χ1v) is 5.66. The molecule has 0 unspecified atom stereocenters. The van der Waals surface area contributed by atoms with E-state index < -0.39 is 0 Å². The lowest BCUT2D eigenvalue weighted by Crippen LogP contribution is -2.14. The van der Waals surface area contributed by atoms with Crippen molar-refractivity contribution < 1.29 is 4.42 Å². The Kier molecular flexibility index (Phi) is 3.10. The van der Waals surface area contributed by atoms with Gasteiger partial charge in [-0.05, 0) is 19.9 Å². The second-order valence-corrected chi connectivity index (χ2v) is 4.37. The zero-order chi connectivity index (χ0) is 12.4. The average Bonchev–Trinajstić information content (AvgIpc) is 2.63. The summed E-state index contributed by atoms with van der Waals surface area (Å²) in [6.07, 6.45) is 1.56. The van der Waals surface area contributed by atoms with Gasteiger partial charge in [-0.15, -0.1) is 0 Å². The first-order valence-electron chi connectivity index (χ1n) is 4.84. The molecule has 2 heterocycles. The highest BCUT2D eigenvalue weighted by molar-refractivity contribution is 7.98. The van der Waals surface area contributed by atoms with Gasteiger partial charge in [-0.2, -0.15) is 0 Å². The van der Waals surface area contributed by atoms with Crippen LogP contribution < -0.4 is 5.73 Å². The molecule has 2 aromatic heterocycles. The zero-order valence-corrected chi connectivity index (χ0v) is 10.2. The monoisotopic (exact) mass is 249 g/mol. The summed E-state index contributed by atoms with van der Waals surface area (Å²) in [5.41, 5.74) is 7.34. The van der Waals surface area contributed by atoms with E-state index in [0.717, 1.165) is 11.4 Å². The van der Waals surface area contributed by atoms with Crippen LogP contribution in [0, 0.1) is 19.3 Å². The quantitative estimate of drug-likeness (QED) is 0.485. The Balaban J connectivity index is 2.29. The fourth-order valence-electron chi connectivity index (χ4n) is 1.18. The van der Waals surface area contributed by atoms with Crippen molar-refractivity contribution in [2.75, 3.05) is 0 Å². The van der Waals surface area contributed by atoms with Crippen LogP contribution in [0.15, 0.2) is 27.1 Å². The number of oxazole rings is 1. The highest BCUT2D eigenvalue weighted by Crippen LogP contribution is 2.23. The molecule has 88 valence electrons. The van der Waals surface area contributed by atoms with Crippen LogP contribution in [0.2, 0.25) is 0 Å². The van der Waals surface area contributed by atoms with Crippen molar-refractivity contribution in [3.8, 4) is 0 Å². The van der Waals surface area contributed by atoms with Gasteiger partial charge < -0.3 is 10.2 Å². The predicted molar refractivity (Wildman–Crippen MR) is 63.1 cm³/mol. The summed E-state index contributed by atoms with van der Waals surface area (Å²) >= 11 is 1.20. The molecule has 17 heavy (non-hydrogen) atoms. The third-order valence-electron chi connectivity index (χ3n) is 1.89. The lowest BCUT2D eigenvalue weighted by atomic mass is 10.3. The maximum Gasteiger partial charge on any atom is 0.263 e. The van der Waals surface area contributed by atoms with Crippen LogP contribution in [0.3, 0.4) is 0 Å². The van der Waals surface area contributed by atoms with Gasteiger partial charge in [-0.25, -0.2) is 15.0 Å². The topological polar surface area (TPSA) is 102 Å². The Labute approximate surface area is 102 Å². The number of hydrogen-bond acceptors (Lipinski definition) is 6. The zero-order valence-electron chi connectivity index (χ0n) is 9.39. The molecule has 2 aromatic rings. The van der Waals surface area contributed by atoms with E-state index in [0.29, 0.717) is 16.1 Å². The van der Waals surface area contributed by atoms with Crippen LogP contribution in [0.25, 0.3) is 0 Å². The van der Waals surface area contributed by atoms with Gasteiger partial charge in [0.2, 0.25) is 0 Å². The SMILES string of the molecule is Cc1cc(C(=N)N)nc(Sc2nc(C)co2)n1. The smallest absolute Gasteiger partial charge is 0.263 e. The number of amidine groups is 1. The van der Waals surface area contributed by atoms with Gasteiger partial charge in [0.05, 0.1) is 5.69 Å². The third kappa shape index (κ3) is 2.82. The molecule has 0 amide bonds. The normalized spacial score (nSPS) is 10.5. The Bertz CT molecular complexity index is 566. The van der Waals surface area contributed by atoms with Gasteiger partial charge in [-0.1, -0.05) is 0 Å². The molecule has 0 radical (unpaired) electrons. The molecule has 0 bridgehead atoms. The van der Waals surface area contributed by atoms with Crippen molar-refractivity contribution in [2.45, 2.75) is 24.2 Å². The summed E-state index contributed by atoms with van der Waals surface area (Å²) < 4.78 is 5.20. The molecule has 0 saturated heterocycles. The first kappa shape index (κ1) is 11.6. The average molecular weight is 249 g/mol. The van der Waals surface area contributed by atoms with Crippen LogP contribution in [-0.4, -0.2) is 20.8 Å². The van der Waals surface area contributed by atoms with Crippen LogP contribution in [0.4, 0.5) is 0 Å². The molecule has 0 aromatic carbocycles. The largest absolute Gasteiger partial charge is 0.439 e. The first-order chi connectivity index (χ1) is 8.04. The van der Waals surface area contributed by atoms with Crippen LogP contribution in [0.1, 0.15) is 17.1 Å². The predicted octanol–water partition coefficient (Wildman–Crippen LogP) is 1.52. The van der Waals surface area contributed by atoms with Crippen LogP contribution in [0.5, 0.6) is 0 Å². The molecule has 0 saturated carbocycles. The minimum absolute atomic E-state index is 0.0825. The van der Waals surface area contributed by atoms with Gasteiger partial charge in [-0.3, -0.25) is 5.41 Å². The molecule has 7 heteroatoms. The number of aryl methyl sites for hydroxylation is 2. The Morgan fingerprint density at radius 2 is 2.06 bits per heavy atom. The summed E-state index contributed by atoms with van der Waals surface area (Å²) in [5.74, 6) is -0.0825. The summed E-state index contributed by atoms with van der Waals surface area (Å²) in [6, 6.07) is 1.66. The molecule has 0 fully saturated rings. The minimum Gasteiger partial charge on any atom is -0.439 e. The lowest BCUT2D eigenvalue weighted by molar-refractivity contribution is 0.453. The maximum atomic E-state index is 7.35. The van der Waals surface area contributed by atoms with Crippen molar-refractivity contribution in [2.24, 2.45) is 5.73 Å². The molecule has 0 aliphatic carbocycles. The van der Waals surface area contributed by atoms with E-state index in [1.165, 1.54) is 11.8 Å². The molecule has 0 atom stereocenters. The van der Waals surface area contributed by atoms with E-state index >= 15 is 0 Å². The van der Waals surface area contributed by atoms with Gasteiger partial charge in [0.1, 0.15) is 17.8 Å². The number of rotatable bonds is 3. The molecule has 0 aliphatic heterocycles. The van der Waals surface area contributed by atoms with E-state index in [-0.39, 0.29) is 5.84 Å². The molecular formula is C10H11N5OS. The second kappa shape index (κ2) is 4.54. The standard InChI is InChI=1S/C10H11N5OS/c1-5-3-7(8(11)12)15-9(13-5)17-10-14-6(2)4-16-10/h3-4H,1-2H3,(H3,11,12). The third-order valence-corrected chi connectivity index (χ3v) is 2.61. The summed E-state index contributed by atoms with van der Waals surface area (Å²) in [4.78, 5) is 12.5. The fraction of sp³-hybridized carbons (Fsp3) is 0.200. The van der Waals surface area contributed by atoms with Gasteiger partial charge in [0.25, 0.3) is 5.22 Å². The molecule has 0 aliphatic rings. The van der Waals surface area contributed by atoms with Gasteiger partial charge in [0, 0.05) is 17.5 Å². The van der Waals surface area contributed by atoms with E-state index in [9.17, 15) is 0 Å². The Morgan fingerprint density at radius 1 is 1.29 bits per heavy atom. The second-order valence-electron chi connectivity index (χ2n) is 3.45. The number of hydrogen-bond donors (Lipinski definition) is 2. The molecule has 0 spiro atoms. The van der Waals surface area contributed by atoms with E-state index in [2.05, 4.69) is 15.0 Å². The fourth-order valence-corrected chi connectivity index (χ4v) is 1.96. The van der Waals surface area contributed by atoms with Crippen molar-refractivity contribution in [3.05, 3.63) is 29.4 Å². The minimum atomic E-state index is -0.0825. The van der Waals surface area contributed by atoms with Gasteiger partial charge in [0.15, 0.2) is 5.16 Å². The number of aromatic nitrogens is 3. The van der Waals surface area contributed by atoms with Crippen LogP contribution >= 0.6 is 11.8 Å². The van der Waals surface area contributed by atoms with E-state index in [1.54, 1.807) is 12.3 Å².